The van der Waals surface area contributed by atoms with Crippen molar-refractivity contribution in [3.05, 3.63) is 65.5 Å². The van der Waals surface area contributed by atoms with Gasteiger partial charge in [-0.15, -0.1) is 0 Å². The molecule has 0 amide bonds. The Balaban J connectivity index is 1.86. The summed E-state index contributed by atoms with van der Waals surface area (Å²) in [4.78, 5) is 6.38. The van der Waals surface area contributed by atoms with E-state index in [0.29, 0.717) is 0 Å². The molecule has 22 heavy (non-hydrogen) atoms. The van der Waals surface area contributed by atoms with Crippen molar-refractivity contribution in [3.63, 3.8) is 0 Å². The van der Waals surface area contributed by atoms with Crippen LogP contribution in [-0.4, -0.2) is 25.6 Å². The highest BCUT2D eigenvalue weighted by Gasteiger charge is 2.19. The number of aromatic nitrogens is 1. The third kappa shape index (κ3) is 3.37. The number of nitrogens with zero attached hydrogens (tertiary/aromatic N) is 2. The van der Waals surface area contributed by atoms with Gasteiger partial charge in [0, 0.05) is 32.2 Å². The number of nitrogens with one attached hydrogen (secondary N) is 1. The standard InChI is InChI=1S/C19H23N3/c1-22(2)18-9-7-15(8-10-18)13-16-5-4-12-21-19(16)17-6-3-11-20-14-17/h3,6-11,13-14,19,21H,4-5,12H2,1-2H3/b16-13+. The molecule has 1 aromatic carbocycles. The fourth-order valence-corrected chi connectivity index (χ4v) is 2.93. The Morgan fingerprint density at radius 2 is 2.00 bits per heavy atom. The molecule has 1 N–H and O–H groups in total. The summed E-state index contributed by atoms with van der Waals surface area (Å²) in [5, 5.41) is 3.62. The monoisotopic (exact) mass is 293 g/mol. The first-order chi connectivity index (χ1) is 10.7. The minimum Gasteiger partial charge on any atom is -0.378 e. The van der Waals surface area contributed by atoms with Crippen LogP contribution in [0.25, 0.3) is 6.08 Å². The quantitative estimate of drug-likeness (QED) is 0.936. The molecule has 3 heteroatoms. The van der Waals surface area contributed by atoms with E-state index < -0.39 is 0 Å². The molecule has 1 aromatic heterocycles. The number of rotatable bonds is 3. The Labute approximate surface area is 132 Å². The maximum Gasteiger partial charge on any atom is 0.0554 e. The smallest absolute Gasteiger partial charge is 0.0554 e. The van der Waals surface area contributed by atoms with Gasteiger partial charge in [-0.05, 0) is 54.3 Å². The van der Waals surface area contributed by atoms with Gasteiger partial charge < -0.3 is 10.2 Å². The van der Waals surface area contributed by atoms with Gasteiger partial charge in [0.1, 0.15) is 0 Å². The maximum atomic E-state index is 4.26. The predicted molar refractivity (Wildman–Crippen MR) is 93.0 cm³/mol. The molecule has 1 aliphatic rings. The molecule has 0 aliphatic carbocycles. The van der Waals surface area contributed by atoms with Gasteiger partial charge in [0.25, 0.3) is 0 Å². The van der Waals surface area contributed by atoms with Crippen LogP contribution in [0.1, 0.15) is 30.0 Å². The molecule has 1 unspecified atom stereocenters. The lowest BCUT2D eigenvalue weighted by Crippen LogP contribution is -2.28. The lowest BCUT2D eigenvalue weighted by Gasteiger charge is -2.27. The van der Waals surface area contributed by atoms with Gasteiger partial charge >= 0.3 is 0 Å². The van der Waals surface area contributed by atoms with Gasteiger partial charge in [-0.1, -0.05) is 24.3 Å². The van der Waals surface area contributed by atoms with Crippen molar-refractivity contribution >= 4 is 11.8 Å². The molecule has 2 aromatic rings. The second-order valence-electron chi connectivity index (χ2n) is 5.98. The van der Waals surface area contributed by atoms with Crippen molar-refractivity contribution in [2.24, 2.45) is 0 Å². The molecular formula is C19H23N3. The average Bonchev–Trinajstić information content (AvgIpc) is 2.57. The second kappa shape index (κ2) is 6.75. The van der Waals surface area contributed by atoms with E-state index in [4.69, 9.17) is 0 Å². The van der Waals surface area contributed by atoms with Crippen LogP contribution in [0, 0.1) is 0 Å². The molecule has 0 bridgehead atoms. The summed E-state index contributed by atoms with van der Waals surface area (Å²) in [6.07, 6.45) is 8.45. The van der Waals surface area contributed by atoms with Crippen molar-refractivity contribution in [2.45, 2.75) is 18.9 Å². The Bertz CT molecular complexity index is 629. The van der Waals surface area contributed by atoms with Crippen LogP contribution in [-0.2, 0) is 0 Å². The Hall–Kier alpha value is -2.13. The molecule has 0 radical (unpaired) electrons. The fraction of sp³-hybridized carbons (Fsp3) is 0.316. The van der Waals surface area contributed by atoms with E-state index in [-0.39, 0.29) is 6.04 Å². The molecule has 0 spiro atoms. The Kier molecular flexibility index (Phi) is 4.54. The largest absolute Gasteiger partial charge is 0.378 e. The number of hydrogen-bond acceptors (Lipinski definition) is 3. The zero-order chi connectivity index (χ0) is 15.4. The highest BCUT2D eigenvalue weighted by molar-refractivity contribution is 5.59. The molecule has 3 rings (SSSR count). The highest BCUT2D eigenvalue weighted by Crippen LogP contribution is 2.30. The first-order valence-electron chi connectivity index (χ1n) is 7.85. The van der Waals surface area contributed by atoms with Gasteiger partial charge in [-0.25, -0.2) is 0 Å². The topological polar surface area (TPSA) is 28.2 Å². The number of piperidine rings is 1. The minimum absolute atomic E-state index is 0.288. The van der Waals surface area contributed by atoms with E-state index in [0.717, 1.165) is 13.0 Å². The van der Waals surface area contributed by atoms with Crippen LogP contribution in [0.2, 0.25) is 0 Å². The SMILES string of the molecule is CN(C)c1ccc(/C=C2\CCCNC2c2cccnc2)cc1. The van der Waals surface area contributed by atoms with Crippen LogP contribution < -0.4 is 10.2 Å². The summed E-state index contributed by atoms with van der Waals surface area (Å²) in [5.74, 6) is 0. The average molecular weight is 293 g/mol. The van der Waals surface area contributed by atoms with Crippen molar-refractivity contribution < 1.29 is 0 Å². The van der Waals surface area contributed by atoms with Crippen molar-refractivity contribution in [1.29, 1.82) is 0 Å². The molecule has 1 aliphatic heterocycles. The van der Waals surface area contributed by atoms with E-state index >= 15 is 0 Å². The van der Waals surface area contributed by atoms with E-state index in [1.54, 1.807) is 0 Å². The van der Waals surface area contributed by atoms with Crippen LogP contribution in [0.5, 0.6) is 0 Å². The van der Waals surface area contributed by atoms with Gasteiger partial charge in [0.05, 0.1) is 6.04 Å². The van der Waals surface area contributed by atoms with E-state index in [2.05, 4.69) is 65.7 Å². The molecule has 0 saturated carbocycles. The molecule has 1 saturated heterocycles. The number of benzene rings is 1. The van der Waals surface area contributed by atoms with Gasteiger partial charge in [0.2, 0.25) is 0 Å². The number of hydrogen-bond donors (Lipinski definition) is 1. The van der Waals surface area contributed by atoms with Gasteiger partial charge in [-0.3, -0.25) is 4.98 Å². The summed E-state index contributed by atoms with van der Waals surface area (Å²) < 4.78 is 0. The van der Waals surface area contributed by atoms with Crippen LogP contribution >= 0.6 is 0 Å². The third-order valence-electron chi connectivity index (χ3n) is 4.14. The summed E-state index contributed by atoms with van der Waals surface area (Å²) in [5.41, 5.74) is 5.18. The summed E-state index contributed by atoms with van der Waals surface area (Å²) >= 11 is 0. The highest BCUT2D eigenvalue weighted by atomic mass is 15.1. The maximum absolute atomic E-state index is 4.26. The Morgan fingerprint density at radius 1 is 1.18 bits per heavy atom. The zero-order valence-electron chi connectivity index (χ0n) is 13.3. The van der Waals surface area contributed by atoms with E-state index in [1.807, 2.05) is 18.5 Å². The normalized spacial score (nSPS) is 20.1. The van der Waals surface area contributed by atoms with E-state index in [1.165, 1.54) is 28.8 Å². The van der Waals surface area contributed by atoms with E-state index in [9.17, 15) is 0 Å². The van der Waals surface area contributed by atoms with Gasteiger partial charge in [-0.2, -0.15) is 0 Å². The first-order valence-corrected chi connectivity index (χ1v) is 7.85. The van der Waals surface area contributed by atoms with Crippen LogP contribution in [0.15, 0.2) is 54.4 Å². The summed E-state index contributed by atoms with van der Waals surface area (Å²) in [6, 6.07) is 13.2. The minimum atomic E-state index is 0.288. The first kappa shape index (κ1) is 14.8. The lowest BCUT2D eigenvalue weighted by atomic mass is 9.91. The fourth-order valence-electron chi connectivity index (χ4n) is 2.93. The lowest BCUT2D eigenvalue weighted by molar-refractivity contribution is 0.508. The van der Waals surface area contributed by atoms with Crippen LogP contribution in [0.4, 0.5) is 5.69 Å². The van der Waals surface area contributed by atoms with Gasteiger partial charge in [0.15, 0.2) is 0 Å². The molecule has 1 atom stereocenters. The molecule has 2 heterocycles. The van der Waals surface area contributed by atoms with Crippen molar-refractivity contribution in [1.82, 2.24) is 10.3 Å². The Morgan fingerprint density at radius 3 is 2.68 bits per heavy atom. The molecule has 114 valence electrons. The third-order valence-corrected chi connectivity index (χ3v) is 4.14. The molecule has 3 nitrogen and oxygen atoms in total. The number of anilines is 1. The predicted octanol–water partition coefficient (Wildman–Crippen LogP) is 3.66. The zero-order valence-corrected chi connectivity index (χ0v) is 13.3. The summed E-state index contributed by atoms with van der Waals surface area (Å²) in [7, 11) is 4.13. The van der Waals surface area contributed by atoms with Crippen molar-refractivity contribution in [2.75, 3.05) is 25.5 Å². The van der Waals surface area contributed by atoms with Crippen molar-refractivity contribution in [3.8, 4) is 0 Å². The number of pyridine rings is 1. The van der Waals surface area contributed by atoms with Crippen LogP contribution in [0.3, 0.4) is 0 Å². The molecule has 1 fully saturated rings. The second-order valence-corrected chi connectivity index (χ2v) is 5.98. The summed E-state index contributed by atoms with van der Waals surface area (Å²) in [6.45, 7) is 1.07. The molecular weight excluding hydrogens is 270 g/mol.